The first kappa shape index (κ1) is 5.45. The quantitative estimate of drug-likeness (QED) is 0.478. The summed E-state index contributed by atoms with van der Waals surface area (Å²) in [6.45, 7) is 4.29. The second kappa shape index (κ2) is 1.39. The Kier molecular flexibility index (Phi) is 0.838. The zero-order chi connectivity index (χ0) is 6.48. The molecule has 1 saturated heterocycles. The van der Waals surface area contributed by atoms with Crippen LogP contribution in [0, 0.1) is 0 Å². The first-order chi connectivity index (χ1) is 4.23. The molecular weight excluding hydrogens is 116 g/mol. The Labute approximate surface area is 54.1 Å². The van der Waals surface area contributed by atoms with Crippen molar-refractivity contribution in [2.75, 3.05) is 6.61 Å². The van der Waals surface area contributed by atoms with Crippen LogP contribution in [-0.4, -0.2) is 23.4 Å². The summed E-state index contributed by atoms with van der Waals surface area (Å²) in [5.74, 6) is 0. The molecule has 0 aromatic heterocycles. The maximum absolute atomic E-state index is 9.59. The fourth-order valence-electron chi connectivity index (χ4n) is 1.49. The van der Waals surface area contributed by atoms with E-state index in [0.717, 1.165) is 18.4 Å². The van der Waals surface area contributed by atoms with Gasteiger partial charge in [0.25, 0.3) is 0 Å². The van der Waals surface area contributed by atoms with E-state index in [2.05, 4.69) is 6.58 Å². The third kappa shape index (κ3) is 0.478. The van der Waals surface area contributed by atoms with Crippen molar-refractivity contribution in [3.8, 4) is 0 Å². The van der Waals surface area contributed by atoms with E-state index in [1.54, 1.807) is 0 Å². The van der Waals surface area contributed by atoms with Gasteiger partial charge in [0, 0.05) is 0 Å². The van der Waals surface area contributed by atoms with Gasteiger partial charge < -0.3 is 9.84 Å². The predicted octanol–water partition coefficient (Wildman–Crippen LogP) is 0.466. The Morgan fingerprint density at radius 3 is 2.78 bits per heavy atom. The van der Waals surface area contributed by atoms with E-state index in [1.807, 2.05) is 0 Å². The highest BCUT2D eigenvalue weighted by molar-refractivity contribution is 5.25. The van der Waals surface area contributed by atoms with Crippen LogP contribution in [0.5, 0.6) is 0 Å². The Morgan fingerprint density at radius 1 is 1.78 bits per heavy atom. The largest absolute Gasteiger partial charge is 0.383 e. The number of fused-ring (bicyclic) bond motifs is 1. The number of hydrogen-bond acceptors (Lipinski definition) is 2. The molecular formula is C7H10O2. The summed E-state index contributed by atoms with van der Waals surface area (Å²) in [5.41, 5.74) is 0.235. The molecule has 0 aromatic carbocycles. The zero-order valence-corrected chi connectivity index (χ0v) is 5.26. The maximum atomic E-state index is 9.59. The molecule has 1 saturated carbocycles. The summed E-state index contributed by atoms with van der Waals surface area (Å²) in [6.07, 6.45) is 1.91. The van der Waals surface area contributed by atoms with Crippen LogP contribution in [0.2, 0.25) is 0 Å². The smallest absolute Gasteiger partial charge is 0.114 e. The fourth-order valence-corrected chi connectivity index (χ4v) is 1.49. The maximum Gasteiger partial charge on any atom is 0.114 e. The van der Waals surface area contributed by atoms with Crippen molar-refractivity contribution in [1.82, 2.24) is 0 Å². The molecule has 2 fully saturated rings. The van der Waals surface area contributed by atoms with Crippen LogP contribution in [0.15, 0.2) is 12.2 Å². The molecule has 0 bridgehead atoms. The molecule has 0 spiro atoms. The molecule has 2 nitrogen and oxygen atoms in total. The van der Waals surface area contributed by atoms with Crippen LogP contribution in [0.4, 0.5) is 0 Å². The molecule has 1 N–H and O–H groups in total. The average Bonchev–Trinajstić information content (AvgIpc) is 1.96. The monoisotopic (exact) mass is 126 g/mol. The second-order valence-electron chi connectivity index (χ2n) is 2.87. The Balaban J connectivity index is 2.28. The molecule has 1 heterocycles. The zero-order valence-electron chi connectivity index (χ0n) is 5.26. The third-order valence-electron chi connectivity index (χ3n) is 2.39. The second-order valence-corrected chi connectivity index (χ2v) is 2.87. The molecule has 1 aliphatic carbocycles. The minimum Gasteiger partial charge on any atom is -0.383 e. The number of ether oxygens (including phenoxy) is 1. The molecule has 0 radical (unpaired) electrons. The highest BCUT2D eigenvalue weighted by Crippen LogP contribution is 2.44. The van der Waals surface area contributed by atoms with Gasteiger partial charge in [-0.2, -0.15) is 0 Å². The summed E-state index contributed by atoms with van der Waals surface area (Å²) in [6, 6.07) is 0. The van der Waals surface area contributed by atoms with Gasteiger partial charge in [-0.3, -0.25) is 0 Å². The first-order valence-electron chi connectivity index (χ1n) is 3.26. The van der Waals surface area contributed by atoms with Gasteiger partial charge in [-0.05, 0) is 18.4 Å². The van der Waals surface area contributed by atoms with Crippen molar-refractivity contribution in [1.29, 1.82) is 0 Å². The van der Waals surface area contributed by atoms with Crippen LogP contribution in [0.3, 0.4) is 0 Å². The van der Waals surface area contributed by atoms with Crippen molar-refractivity contribution in [2.45, 2.75) is 24.5 Å². The van der Waals surface area contributed by atoms with Crippen LogP contribution < -0.4 is 0 Å². The lowest BCUT2D eigenvalue weighted by Crippen LogP contribution is -2.48. The van der Waals surface area contributed by atoms with Gasteiger partial charge in [0.15, 0.2) is 0 Å². The van der Waals surface area contributed by atoms with Crippen molar-refractivity contribution < 1.29 is 9.84 Å². The van der Waals surface area contributed by atoms with E-state index in [-0.39, 0.29) is 6.10 Å². The molecule has 50 valence electrons. The van der Waals surface area contributed by atoms with Gasteiger partial charge in [0.1, 0.15) is 5.60 Å². The number of aliphatic hydroxyl groups is 1. The molecule has 2 rings (SSSR count). The third-order valence-corrected chi connectivity index (χ3v) is 2.39. The van der Waals surface area contributed by atoms with Gasteiger partial charge in [-0.25, -0.2) is 0 Å². The summed E-state index contributed by atoms with van der Waals surface area (Å²) in [7, 11) is 0. The molecule has 0 amide bonds. The van der Waals surface area contributed by atoms with E-state index in [4.69, 9.17) is 4.74 Å². The van der Waals surface area contributed by atoms with Crippen molar-refractivity contribution >= 4 is 0 Å². The minimum absolute atomic E-state index is 0.0741. The van der Waals surface area contributed by atoms with Gasteiger partial charge in [0.05, 0.1) is 12.7 Å². The highest BCUT2D eigenvalue weighted by atomic mass is 16.5. The minimum atomic E-state index is -0.625. The van der Waals surface area contributed by atoms with Gasteiger partial charge in [0.2, 0.25) is 0 Å². The topological polar surface area (TPSA) is 29.5 Å². The van der Waals surface area contributed by atoms with Gasteiger partial charge in [-0.15, -0.1) is 0 Å². The van der Waals surface area contributed by atoms with E-state index < -0.39 is 5.60 Å². The average molecular weight is 126 g/mol. The molecule has 2 heteroatoms. The van der Waals surface area contributed by atoms with Crippen molar-refractivity contribution in [3.05, 3.63) is 12.2 Å². The number of rotatable bonds is 0. The fraction of sp³-hybridized carbons (Fsp3) is 0.714. The van der Waals surface area contributed by atoms with Crippen LogP contribution in [-0.2, 0) is 4.74 Å². The van der Waals surface area contributed by atoms with Crippen LogP contribution >= 0.6 is 0 Å². The van der Waals surface area contributed by atoms with E-state index >= 15 is 0 Å². The predicted molar refractivity (Wildman–Crippen MR) is 33.1 cm³/mol. The van der Waals surface area contributed by atoms with Gasteiger partial charge in [-0.1, -0.05) is 6.58 Å². The summed E-state index contributed by atoms with van der Waals surface area (Å²) in [5, 5.41) is 9.59. The Morgan fingerprint density at radius 2 is 2.56 bits per heavy atom. The molecule has 2 atom stereocenters. The van der Waals surface area contributed by atoms with E-state index in [1.165, 1.54) is 0 Å². The first-order valence-corrected chi connectivity index (χ1v) is 3.26. The molecule has 1 aliphatic heterocycles. The summed E-state index contributed by atoms with van der Waals surface area (Å²) in [4.78, 5) is 0. The molecule has 0 aromatic rings. The lowest BCUT2D eigenvalue weighted by Gasteiger charge is -2.38. The van der Waals surface area contributed by atoms with E-state index in [0.29, 0.717) is 6.61 Å². The SMILES string of the molecule is C=C1CO[C@H]2CC[C@@]12O. The number of hydrogen-bond donors (Lipinski definition) is 1. The molecule has 9 heavy (non-hydrogen) atoms. The molecule has 2 aliphatic rings. The highest BCUT2D eigenvalue weighted by Gasteiger charge is 2.52. The summed E-state index contributed by atoms with van der Waals surface area (Å²) >= 11 is 0. The lowest BCUT2D eigenvalue weighted by atomic mass is 9.75. The summed E-state index contributed by atoms with van der Waals surface area (Å²) < 4.78 is 5.22. The molecule has 0 unspecified atom stereocenters. The normalized spacial score (nSPS) is 48.6. The van der Waals surface area contributed by atoms with Gasteiger partial charge >= 0.3 is 0 Å². The Bertz CT molecular complexity index is 164. The van der Waals surface area contributed by atoms with Crippen LogP contribution in [0.25, 0.3) is 0 Å². The Hall–Kier alpha value is -0.340. The van der Waals surface area contributed by atoms with E-state index in [9.17, 15) is 5.11 Å². The van der Waals surface area contributed by atoms with Crippen molar-refractivity contribution in [2.24, 2.45) is 0 Å². The van der Waals surface area contributed by atoms with Crippen molar-refractivity contribution in [3.63, 3.8) is 0 Å². The lowest BCUT2D eigenvalue weighted by molar-refractivity contribution is -0.0963. The van der Waals surface area contributed by atoms with Crippen LogP contribution in [0.1, 0.15) is 12.8 Å². The standard InChI is InChI=1S/C7H10O2/c1-5-4-9-6-2-3-7(5,6)8/h6,8H,1-4H2/t6-,7+/m0/s1.